The third-order valence-corrected chi connectivity index (χ3v) is 3.31. The van der Waals surface area contributed by atoms with Gasteiger partial charge in [0.05, 0.1) is 11.6 Å². The Bertz CT molecular complexity index is 453. The van der Waals surface area contributed by atoms with Crippen molar-refractivity contribution in [1.82, 2.24) is 4.31 Å². The Morgan fingerprint density at radius 2 is 2.00 bits per heavy atom. The molecule has 1 rings (SSSR count). The van der Waals surface area contributed by atoms with Gasteiger partial charge in [-0.05, 0) is 18.1 Å². The quantitative estimate of drug-likeness (QED) is 0.762. The maximum atomic E-state index is 11.3. The number of hydrogen-bond acceptors (Lipinski definition) is 2. The predicted molar refractivity (Wildman–Crippen MR) is 69.8 cm³/mol. The van der Waals surface area contributed by atoms with Gasteiger partial charge in [-0.2, -0.15) is 0 Å². The van der Waals surface area contributed by atoms with E-state index in [0.29, 0.717) is 17.7 Å². The molecule has 1 aliphatic heterocycles. The topological polar surface area (TPSA) is 77.8 Å². The average molecular weight is 269 g/mol. The first-order chi connectivity index (χ1) is 8.51. The summed E-state index contributed by atoms with van der Waals surface area (Å²) in [6.45, 7) is 7.09. The molecule has 5 nitrogen and oxygen atoms in total. The number of carboxylic acid groups (broad SMARTS) is 1. The predicted octanol–water partition coefficient (Wildman–Crippen LogP) is 1.71. The molecule has 0 aromatic heterocycles. The van der Waals surface area contributed by atoms with Crippen LogP contribution in [0.1, 0.15) is 6.42 Å². The number of carbonyl (C=O) groups is 1. The summed E-state index contributed by atoms with van der Waals surface area (Å²) in [5, 5.41) is 9.04. The number of rotatable bonds is 4. The third kappa shape index (κ3) is 3.18. The first-order valence-corrected chi connectivity index (χ1v) is 6.33. The number of allylic oxidation sites excluding steroid dienone is 5. The molecular formula is C12H15NO4S. The molecule has 0 amide bonds. The molecule has 1 fully saturated rings. The molecule has 1 unspecified atom stereocenters. The summed E-state index contributed by atoms with van der Waals surface area (Å²) in [7, 11) is 0. The highest BCUT2D eigenvalue weighted by molar-refractivity contribution is 7.76. The van der Waals surface area contributed by atoms with Crippen molar-refractivity contribution in [2.24, 2.45) is 5.92 Å². The fraction of sp³-hybridized carbons (Fsp3) is 0.250. The van der Waals surface area contributed by atoms with Crippen LogP contribution in [0.2, 0.25) is 0 Å². The van der Waals surface area contributed by atoms with E-state index in [0.717, 1.165) is 4.31 Å². The maximum absolute atomic E-state index is 11.3. The van der Waals surface area contributed by atoms with Crippen LogP contribution in [0.15, 0.2) is 48.7 Å². The molecule has 1 heterocycles. The Kier molecular flexibility index (Phi) is 5.06. The standard InChI is InChI=1S/C12H15NO4S/c1-3-5-9-7-10(12(14)15)8-13(18(16)17)11(9)6-4-2/h3-6,10H,1-2,7-8H2,(H,14,15)(H,16,17)/b9-5-,11-6+/t10-/m1/s1. The van der Waals surface area contributed by atoms with E-state index in [1.165, 1.54) is 12.2 Å². The van der Waals surface area contributed by atoms with Crippen molar-refractivity contribution in [3.63, 3.8) is 0 Å². The zero-order valence-electron chi connectivity index (χ0n) is 9.78. The second-order valence-corrected chi connectivity index (χ2v) is 4.65. The summed E-state index contributed by atoms with van der Waals surface area (Å²) in [4.78, 5) is 11.0. The van der Waals surface area contributed by atoms with Crippen molar-refractivity contribution < 1.29 is 18.7 Å². The molecule has 6 heteroatoms. The number of carboxylic acids is 1. The van der Waals surface area contributed by atoms with E-state index in [2.05, 4.69) is 13.2 Å². The molecule has 0 aromatic carbocycles. The Balaban J connectivity index is 3.21. The van der Waals surface area contributed by atoms with Crippen LogP contribution in [0.4, 0.5) is 0 Å². The Morgan fingerprint density at radius 3 is 2.44 bits per heavy atom. The van der Waals surface area contributed by atoms with Crippen LogP contribution in [0.25, 0.3) is 0 Å². The van der Waals surface area contributed by atoms with E-state index in [4.69, 9.17) is 5.11 Å². The minimum atomic E-state index is -2.27. The maximum Gasteiger partial charge on any atom is 0.308 e. The Labute approximate surface area is 108 Å². The Hall–Kier alpha value is -1.66. The number of aliphatic carboxylic acids is 1. The van der Waals surface area contributed by atoms with Gasteiger partial charge >= 0.3 is 5.97 Å². The summed E-state index contributed by atoms with van der Waals surface area (Å²) in [6.07, 6.45) is 6.54. The van der Waals surface area contributed by atoms with Crippen molar-refractivity contribution in [3.8, 4) is 0 Å². The molecule has 1 saturated heterocycles. The molecule has 0 saturated carbocycles. The van der Waals surface area contributed by atoms with E-state index in [1.807, 2.05) is 0 Å². The summed E-state index contributed by atoms with van der Waals surface area (Å²) in [5.74, 6) is -1.70. The molecule has 0 radical (unpaired) electrons. The fourth-order valence-corrected chi connectivity index (χ4v) is 2.46. The molecule has 2 atom stereocenters. The van der Waals surface area contributed by atoms with Crippen LogP contribution in [-0.4, -0.2) is 30.7 Å². The molecule has 1 aliphatic rings. The molecule has 0 bridgehead atoms. The van der Waals surface area contributed by atoms with Gasteiger partial charge in [0.1, 0.15) is 0 Å². The molecule has 18 heavy (non-hydrogen) atoms. The molecule has 2 N–H and O–H groups in total. The molecular weight excluding hydrogens is 254 g/mol. The fourth-order valence-electron chi connectivity index (χ4n) is 1.80. The van der Waals surface area contributed by atoms with Crippen LogP contribution in [0.3, 0.4) is 0 Å². The van der Waals surface area contributed by atoms with Crippen molar-refractivity contribution >= 4 is 17.2 Å². The summed E-state index contributed by atoms with van der Waals surface area (Å²) >= 11 is -2.27. The minimum absolute atomic E-state index is 0.00734. The van der Waals surface area contributed by atoms with Gasteiger partial charge in [-0.3, -0.25) is 13.7 Å². The van der Waals surface area contributed by atoms with E-state index in [1.54, 1.807) is 12.2 Å². The van der Waals surface area contributed by atoms with Crippen LogP contribution in [0, 0.1) is 5.92 Å². The molecule has 0 spiro atoms. The van der Waals surface area contributed by atoms with Gasteiger partial charge in [-0.15, -0.1) is 0 Å². The highest BCUT2D eigenvalue weighted by Crippen LogP contribution is 2.31. The van der Waals surface area contributed by atoms with E-state index in [-0.39, 0.29) is 6.54 Å². The van der Waals surface area contributed by atoms with Crippen molar-refractivity contribution in [1.29, 1.82) is 0 Å². The lowest BCUT2D eigenvalue weighted by Crippen LogP contribution is -2.39. The van der Waals surface area contributed by atoms with Gasteiger partial charge in [-0.25, -0.2) is 4.21 Å². The SMILES string of the molecule is C=C/C=C1/C[C@@H](C(=O)O)CN(S(=O)O)/C1=C/C=C. The minimum Gasteiger partial charge on any atom is -0.481 e. The van der Waals surface area contributed by atoms with Crippen molar-refractivity contribution in [2.45, 2.75) is 6.42 Å². The van der Waals surface area contributed by atoms with Gasteiger partial charge in [-0.1, -0.05) is 31.4 Å². The average Bonchev–Trinajstić information content (AvgIpc) is 2.30. The highest BCUT2D eigenvalue weighted by Gasteiger charge is 2.33. The van der Waals surface area contributed by atoms with Gasteiger partial charge in [0.25, 0.3) is 11.3 Å². The van der Waals surface area contributed by atoms with Crippen LogP contribution in [-0.2, 0) is 16.1 Å². The number of hydrogen-bond donors (Lipinski definition) is 2. The molecule has 0 aliphatic carbocycles. The second kappa shape index (κ2) is 6.32. The molecule has 0 aromatic rings. The highest BCUT2D eigenvalue weighted by atomic mass is 32.2. The van der Waals surface area contributed by atoms with Crippen LogP contribution < -0.4 is 0 Å². The summed E-state index contributed by atoms with van der Waals surface area (Å²) in [5.41, 5.74) is 1.16. The summed E-state index contributed by atoms with van der Waals surface area (Å²) in [6, 6.07) is 0. The van der Waals surface area contributed by atoms with Crippen molar-refractivity contribution in [2.75, 3.05) is 6.54 Å². The lowest BCUT2D eigenvalue weighted by Gasteiger charge is -2.33. The molecule has 98 valence electrons. The van der Waals surface area contributed by atoms with Gasteiger partial charge in [0, 0.05) is 6.54 Å². The second-order valence-electron chi connectivity index (χ2n) is 3.75. The van der Waals surface area contributed by atoms with Crippen molar-refractivity contribution in [3.05, 3.63) is 48.7 Å². The zero-order chi connectivity index (χ0) is 13.7. The lowest BCUT2D eigenvalue weighted by molar-refractivity contribution is -0.142. The third-order valence-electron chi connectivity index (χ3n) is 2.58. The first kappa shape index (κ1) is 14.4. The van der Waals surface area contributed by atoms with Gasteiger partial charge < -0.3 is 5.11 Å². The van der Waals surface area contributed by atoms with E-state index in [9.17, 15) is 13.6 Å². The normalized spacial score (nSPS) is 26.1. The Morgan fingerprint density at radius 1 is 1.39 bits per heavy atom. The lowest BCUT2D eigenvalue weighted by atomic mass is 9.92. The largest absolute Gasteiger partial charge is 0.481 e. The van der Waals surface area contributed by atoms with Crippen LogP contribution in [0.5, 0.6) is 0 Å². The van der Waals surface area contributed by atoms with Crippen LogP contribution >= 0.6 is 0 Å². The van der Waals surface area contributed by atoms with E-state index < -0.39 is 23.2 Å². The first-order valence-electron chi connectivity index (χ1n) is 5.27. The number of piperidine rings is 1. The van der Waals surface area contributed by atoms with Gasteiger partial charge in [0.15, 0.2) is 0 Å². The monoisotopic (exact) mass is 269 g/mol. The summed E-state index contributed by atoms with van der Waals surface area (Å²) < 4.78 is 21.6. The zero-order valence-corrected chi connectivity index (χ0v) is 10.6. The number of nitrogens with zero attached hydrogens (tertiary/aromatic N) is 1. The van der Waals surface area contributed by atoms with Gasteiger partial charge in [0.2, 0.25) is 0 Å². The van der Waals surface area contributed by atoms with E-state index >= 15 is 0 Å². The smallest absolute Gasteiger partial charge is 0.308 e.